The summed E-state index contributed by atoms with van der Waals surface area (Å²) in [5.74, 6) is 0. The van der Waals surface area contributed by atoms with Crippen LogP contribution in [0.25, 0.3) is 91.1 Å². The Bertz CT molecular complexity index is 3800. The van der Waals surface area contributed by atoms with Gasteiger partial charge >= 0.3 is 0 Å². The highest BCUT2D eigenvalue weighted by atomic mass is 32.1. The molecule has 1 atom stereocenters. The molecule has 3 nitrogen and oxygen atoms in total. The maximum Gasteiger partial charge on any atom is 0.0716 e. The molecule has 0 N–H and O–H groups in total. The van der Waals surface area contributed by atoms with E-state index in [-0.39, 0.29) is 0 Å². The second-order valence-corrected chi connectivity index (χ2v) is 18.2. The van der Waals surface area contributed by atoms with E-state index in [4.69, 9.17) is 4.99 Å². The van der Waals surface area contributed by atoms with Gasteiger partial charge in [0.25, 0.3) is 0 Å². The first-order valence-electron chi connectivity index (χ1n) is 22.0. The minimum Gasteiger partial charge on any atom is -0.330 e. The van der Waals surface area contributed by atoms with E-state index in [9.17, 15) is 0 Å². The van der Waals surface area contributed by atoms with Crippen molar-refractivity contribution in [3.63, 3.8) is 0 Å². The van der Waals surface area contributed by atoms with Crippen molar-refractivity contribution in [3.8, 4) is 11.1 Å². The number of hydrogen-bond acceptors (Lipinski definition) is 3. The number of benzene rings is 9. The summed E-state index contributed by atoms with van der Waals surface area (Å²) in [5.41, 5.74) is 9.53. The third-order valence-electron chi connectivity index (χ3n) is 13.3. The smallest absolute Gasteiger partial charge is 0.0716 e. The third-order valence-corrected chi connectivity index (χ3v) is 14.5. The van der Waals surface area contributed by atoms with Crippen LogP contribution in [-0.2, 0) is 12.1 Å². The van der Waals surface area contributed by atoms with Gasteiger partial charge < -0.3 is 4.57 Å². The van der Waals surface area contributed by atoms with Gasteiger partial charge in [-0.25, -0.2) is 0 Å². The van der Waals surface area contributed by atoms with Crippen LogP contribution in [0.1, 0.15) is 24.5 Å². The number of aromatic nitrogens is 1. The zero-order valence-electron chi connectivity index (χ0n) is 35.5. The van der Waals surface area contributed by atoms with Crippen LogP contribution in [0.5, 0.6) is 0 Å². The summed E-state index contributed by atoms with van der Waals surface area (Å²) in [6.07, 6.45) is 9.93. The second-order valence-electron chi connectivity index (χ2n) is 17.1. The molecule has 12 rings (SSSR count). The predicted molar refractivity (Wildman–Crippen MR) is 277 cm³/mol. The molecule has 0 amide bonds. The van der Waals surface area contributed by atoms with Crippen LogP contribution >= 0.6 is 11.3 Å². The van der Waals surface area contributed by atoms with Crippen molar-refractivity contribution in [1.29, 1.82) is 0 Å². The van der Waals surface area contributed by atoms with Crippen LogP contribution in [0, 0.1) is 0 Å². The molecule has 4 heteroatoms. The maximum absolute atomic E-state index is 5.25. The number of fused-ring (bicyclic) bond motifs is 13. The molecule has 0 aliphatic heterocycles. The Hall–Kier alpha value is -7.66. The fourth-order valence-corrected chi connectivity index (χ4v) is 11.4. The first-order chi connectivity index (χ1) is 31.6. The van der Waals surface area contributed by atoms with Gasteiger partial charge in [0, 0.05) is 47.3 Å². The van der Waals surface area contributed by atoms with Crippen molar-refractivity contribution >= 4 is 104 Å². The number of aliphatic imine (C=N–C) groups is 2. The molecular weight excluding hydrogens is 795 g/mol. The second kappa shape index (κ2) is 15.3. The van der Waals surface area contributed by atoms with Gasteiger partial charge in [-0.3, -0.25) is 9.98 Å². The lowest BCUT2D eigenvalue weighted by atomic mass is 9.87. The van der Waals surface area contributed by atoms with E-state index in [0.29, 0.717) is 6.54 Å². The third kappa shape index (κ3) is 6.17. The molecule has 0 spiro atoms. The topological polar surface area (TPSA) is 29.6 Å². The average molecular weight is 838 g/mol. The number of allylic oxidation sites excluding steroid dienone is 5. The van der Waals surface area contributed by atoms with E-state index in [1.54, 1.807) is 0 Å². The number of thiophene rings is 1. The fourth-order valence-electron chi connectivity index (χ4n) is 10.2. The zero-order valence-corrected chi connectivity index (χ0v) is 36.3. The Balaban J connectivity index is 1.10. The van der Waals surface area contributed by atoms with Crippen molar-refractivity contribution in [2.24, 2.45) is 9.98 Å². The molecule has 304 valence electrons. The van der Waals surface area contributed by atoms with Crippen LogP contribution in [-0.4, -0.2) is 17.0 Å². The molecule has 11 aromatic rings. The van der Waals surface area contributed by atoms with Crippen LogP contribution in [0.15, 0.2) is 222 Å². The molecular formula is C60H43N3S. The molecule has 64 heavy (non-hydrogen) atoms. The summed E-state index contributed by atoms with van der Waals surface area (Å²) >= 11 is 1.92. The Kier molecular flexibility index (Phi) is 9.10. The molecule has 0 bridgehead atoms. The first kappa shape index (κ1) is 38.0. The van der Waals surface area contributed by atoms with Gasteiger partial charge in [0.2, 0.25) is 0 Å². The van der Waals surface area contributed by atoms with E-state index in [2.05, 4.69) is 205 Å². The van der Waals surface area contributed by atoms with Gasteiger partial charge in [-0.1, -0.05) is 182 Å². The van der Waals surface area contributed by atoms with Crippen LogP contribution in [0.2, 0.25) is 0 Å². The molecule has 0 fully saturated rings. The summed E-state index contributed by atoms with van der Waals surface area (Å²) in [7, 11) is 0. The summed E-state index contributed by atoms with van der Waals surface area (Å²) in [6.45, 7) is 6.93. The standard InChI is InChI=1S/C60H43N3S/c1-60(34-32-43(33-35-60)52(62-38-39-16-5-3-6-17-39)37-51(61-2)42-20-7-4-8-21-42)63-53-30-28-41-19-10-12-24-47(41)55(53)57-56-50-36-44(46-27-15-22-40-18-9-11-23-45(40)46)29-31-54(50)64-59(56)49-26-14-13-25-48(49)58(57)63/h3-34,36-37H,2,35,38H2,1H3/b51-37-,62-52?. The largest absolute Gasteiger partial charge is 0.330 e. The van der Waals surface area contributed by atoms with Crippen LogP contribution in [0.4, 0.5) is 0 Å². The quantitative estimate of drug-likeness (QED) is 0.137. The summed E-state index contributed by atoms with van der Waals surface area (Å²) in [5, 5.41) is 12.9. The lowest BCUT2D eigenvalue weighted by Gasteiger charge is -2.32. The Morgan fingerprint density at radius 1 is 0.656 bits per heavy atom. The lowest BCUT2D eigenvalue weighted by molar-refractivity contribution is 0.437. The normalized spacial score (nSPS) is 15.9. The Morgan fingerprint density at radius 3 is 2.11 bits per heavy atom. The van der Waals surface area contributed by atoms with Gasteiger partial charge in [0.15, 0.2) is 0 Å². The van der Waals surface area contributed by atoms with Gasteiger partial charge in [0.1, 0.15) is 0 Å². The highest BCUT2D eigenvalue weighted by molar-refractivity contribution is 7.27. The molecule has 0 saturated carbocycles. The van der Waals surface area contributed by atoms with E-state index in [1.807, 2.05) is 35.6 Å². The fraction of sp³-hybridized carbons (Fsp3) is 0.0667. The zero-order chi connectivity index (χ0) is 42.8. The van der Waals surface area contributed by atoms with Crippen molar-refractivity contribution in [2.45, 2.75) is 25.4 Å². The number of rotatable bonds is 8. The molecule has 0 saturated heterocycles. The molecule has 2 aromatic heterocycles. The summed E-state index contributed by atoms with van der Waals surface area (Å²) in [4.78, 5) is 9.74. The van der Waals surface area contributed by atoms with Crippen molar-refractivity contribution < 1.29 is 0 Å². The van der Waals surface area contributed by atoms with Gasteiger partial charge in [-0.05, 0) is 88.1 Å². The van der Waals surface area contributed by atoms with Crippen molar-refractivity contribution in [3.05, 3.63) is 223 Å². The molecule has 1 aliphatic rings. The molecule has 1 aliphatic carbocycles. The highest BCUT2D eigenvalue weighted by Crippen LogP contribution is 2.51. The van der Waals surface area contributed by atoms with E-state index < -0.39 is 5.54 Å². The monoisotopic (exact) mass is 837 g/mol. The summed E-state index contributed by atoms with van der Waals surface area (Å²) < 4.78 is 5.29. The van der Waals surface area contributed by atoms with E-state index >= 15 is 0 Å². The highest BCUT2D eigenvalue weighted by Gasteiger charge is 2.32. The van der Waals surface area contributed by atoms with Crippen LogP contribution < -0.4 is 0 Å². The Labute approximate surface area is 376 Å². The maximum atomic E-state index is 5.25. The molecule has 0 radical (unpaired) electrons. The van der Waals surface area contributed by atoms with Crippen LogP contribution in [0.3, 0.4) is 0 Å². The van der Waals surface area contributed by atoms with Gasteiger partial charge in [0.05, 0.1) is 34.5 Å². The molecule has 1 unspecified atom stereocenters. The number of nitrogens with zero attached hydrogens (tertiary/aromatic N) is 3. The summed E-state index contributed by atoms with van der Waals surface area (Å²) in [6, 6.07) is 65.9. The van der Waals surface area contributed by atoms with E-state index in [0.717, 1.165) is 34.5 Å². The van der Waals surface area contributed by atoms with Gasteiger partial charge in [-0.15, -0.1) is 11.3 Å². The SMILES string of the molecule is C=N/C(=C\C(=NCc1ccccc1)C1=CCC(C)(n2c3ccc4ccccc4c3c3c4c5cc(-c6cccc7ccccc67)ccc5sc4c4ccccc4c32)C=C1)c1ccccc1. The van der Waals surface area contributed by atoms with Crippen molar-refractivity contribution in [2.75, 3.05) is 0 Å². The average Bonchev–Trinajstić information content (AvgIpc) is 3.92. The number of hydrogen-bond donors (Lipinski definition) is 0. The predicted octanol–water partition coefficient (Wildman–Crippen LogP) is 16.3. The lowest BCUT2D eigenvalue weighted by Crippen LogP contribution is -2.29. The van der Waals surface area contributed by atoms with Crippen molar-refractivity contribution in [1.82, 2.24) is 4.57 Å². The van der Waals surface area contributed by atoms with E-state index in [1.165, 1.54) is 85.4 Å². The minimum absolute atomic E-state index is 0.407. The minimum atomic E-state index is -0.407. The first-order valence-corrected chi connectivity index (χ1v) is 22.8. The molecule has 2 heterocycles. The Morgan fingerprint density at radius 2 is 1.34 bits per heavy atom. The van der Waals surface area contributed by atoms with Gasteiger partial charge in [-0.2, -0.15) is 0 Å². The molecule has 9 aromatic carbocycles.